The highest BCUT2D eigenvalue weighted by Crippen LogP contribution is 2.46. The van der Waals surface area contributed by atoms with Crippen molar-refractivity contribution in [2.24, 2.45) is 5.92 Å². The molecule has 9 heteroatoms. The van der Waals surface area contributed by atoms with Gasteiger partial charge in [-0.05, 0) is 79.0 Å². The van der Waals surface area contributed by atoms with Crippen LogP contribution in [0.25, 0.3) is 0 Å². The normalized spacial score (nSPS) is 22.3. The minimum Gasteiger partial charge on any atom is -0.497 e. The minimum absolute atomic E-state index is 0.0192. The van der Waals surface area contributed by atoms with Crippen molar-refractivity contribution in [3.8, 4) is 5.75 Å². The van der Waals surface area contributed by atoms with Gasteiger partial charge in [0.15, 0.2) is 0 Å². The van der Waals surface area contributed by atoms with Crippen LogP contribution in [0.4, 0.5) is 5.69 Å². The zero-order chi connectivity index (χ0) is 35.1. The zero-order valence-electron chi connectivity index (χ0n) is 30.2. The van der Waals surface area contributed by atoms with Gasteiger partial charge in [0.1, 0.15) is 5.75 Å². The Morgan fingerprint density at radius 1 is 0.960 bits per heavy atom. The first-order valence-electron chi connectivity index (χ1n) is 18.5. The molecule has 5 atom stereocenters. The first-order chi connectivity index (χ1) is 24.3. The van der Waals surface area contributed by atoms with E-state index >= 15 is 0 Å². The van der Waals surface area contributed by atoms with Crippen LogP contribution < -0.4 is 14.8 Å². The van der Waals surface area contributed by atoms with Gasteiger partial charge < -0.3 is 19.5 Å². The van der Waals surface area contributed by atoms with Gasteiger partial charge in [0.25, 0.3) is 0 Å². The topological polar surface area (TPSA) is 89.7 Å². The lowest BCUT2D eigenvalue weighted by Gasteiger charge is -2.36. The summed E-state index contributed by atoms with van der Waals surface area (Å²) in [4.78, 5) is 15.0. The molecule has 2 aliphatic rings. The maximum Gasteiger partial charge on any atom is 0.226 e. The van der Waals surface area contributed by atoms with Crippen molar-refractivity contribution in [1.82, 2.24) is 15.0 Å². The Morgan fingerprint density at radius 3 is 2.50 bits per heavy atom. The van der Waals surface area contributed by atoms with Crippen molar-refractivity contribution in [1.29, 1.82) is 0 Å². The van der Waals surface area contributed by atoms with Crippen molar-refractivity contribution in [2.75, 3.05) is 25.2 Å². The first-order valence-corrected chi connectivity index (χ1v) is 21.6. The third kappa shape index (κ3) is 8.22. The van der Waals surface area contributed by atoms with Crippen LogP contribution in [0.5, 0.6) is 5.75 Å². The Labute approximate surface area is 298 Å². The fraction of sp³-hybridized carbons (Fsp3) is 0.488. The summed E-state index contributed by atoms with van der Waals surface area (Å²) in [7, 11) is -0.296. The number of aliphatic hydroxyl groups excluding tert-OH is 1. The van der Waals surface area contributed by atoms with E-state index in [1.54, 1.807) is 7.11 Å². The van der Waals surface area contributed by atoms with Gasteiger partial charge in [-0.2, -0.15) is 0 Å². The quantitative estimate of drug-likeness (QED) is 0.150. The van der Waals surface area contributed by atoms with E-state index in [0.717, 1.165) is 67.8 Å². The predicted molar refractivity (Wildman–Crippen MR) is 202 cm³/mol. The fourth-order valence-electron chi connectivity index (χ4n) is 8.43. The molecule has 0 bridgehead atoms. The third-order valence-electron chi connectivity index (χ3n) is 11.3. The van der Waals surface area contributed by atoms with E-state index in [-0.39, 0.29) is 30.6 Å². The summed E-state index contributed by atoms with van der Waals surface area (Å²) in [6.07, 6.45) is 9.89. The highest BCUT2D eigenvalue weighted by molar-refractivity contribution is 6.91. The van der Waals surface area contributed by atoms with Crippen LogP contribution in [0.1, 0.15) is 74.6 Å². The number of anilines is 1. The molecule has 1 amide bonds. The van der Waals surface area contributed by atoms with Gasteiger partial charge in [0.05, 0.1) is 45.6 Å². The van der Waals surface area contributed by atoms with Crippen LogP contribution >= 0.6 is 0 Å². The summed E-state index contributed by atoms with van der Waals surface area (Å²) in [6, 6.07) is 27.3. The van der Waals surface area contributed by atoms with E-state index in [4.69, 9.17) is 9.47 Å². The van der Waals surface area contributed by atoms with Crippen LogP contribution in [0.2, 0.25) is 18.6 Å². The molecule has 1 unspecified atom stereocenters. The molecule has 1 N–H and O–H groups in total. The molecule has 0 radical (unpaired) electrons. The Kier molecular flexibility index (Phi) is 11.9. The highest BCUT2D eigenvalue weighted by atomic mass is 28.3. The molecule has 4 aromatic rings. The Morgan fingerprint density at radius 2 is 1.74 bits per heavy atom. The van der Waals surface area contributed by atoms with Crippen LogP contribution in [0.15, 0.2) is 85.1 Å². The molecular weight excluding hydrogens is 641 g/mol. The van der Waals surface area contributed by atoms with E-state index < -0.39 is 8.07 Å². The number of aryl methyl sites for hydroxylation is 2. The van der Waals surface area contributed by atoms with Crippen LogP contribution in [0.3, 0.4) is 0 Å². The molecule has 1 aromatic heterocycles. The van der Waals surface area contributed by atoms with E-state index in [0.29, 0.717) is 24.4 Å². The summed E-state index contributed by atoms with van der Waals surface area (Å²) < 4.78 is 14.5. The Hall–Kier alpha value is -3.79. The number of nitrogens with zero attached hydrogens (tertiary/aromatic N) is 4. The maximum atomic E-state index is 13.0. The molecule has 2 fully saturated rings. The number of carbonyl (C=O) groups excluding carboxylic acids is 1. The lowest BCUT2D eigenvalue weighted by atomic mass is 9.95. The van der Waals surface area contributed by atoms with Gasteiger partial charge in [0, 0.05) is 31.4 Å². The average molecular weight is 695 g/mol. The lowest BCUT2D eigenvalue weighted by Crippen LogP contribution is -2.50. The molecule has 8 nitrogen and oxygen atoms in total. The van der Waals surface area contributed by atoms with Crippen LogP contribution in [-0.4, -0.2) is 66.6 Å². The highest BCUT2D eigenvalue weighted by Gasteiger charge is 2.50. The van der Waals surface area contributed by atoms with Gasteiger partial charge in [-0.15, -0.1) is 5.10 Å². The summed E-state index contributed by atoms with van der Waals surface area (Å²) in [5.41, 5.74) is 4.50. The minimum atomic E-state index is -2.01. The Bertz CT molecular complexity index is 1680. The summed E-state index contributed by atoms with van der Waals surface area (Å²) in [5.74, 6) is 1.30. The van der Waals surface area contributed by atoms with Crippen molar-refractivity contribution < 1.29 is 19.4 Å². The molecular formula is C41H54N4O4Si. The number of carbonyl (C=O) groups is 1. The van der Waals surface area contributed by atoms with E-state index in [2.05, 4.69) is 78.9 Å². The molecule has 0 aliphatic carbocycles. The molecule has 266 valence electrons. The van der Waals surface area contributed by atoms with Gasteiger partial charge in [0.2, 0.25) is 5.91 Å². The second-order valence-electron chi connectivity index (χ2n) is 14.8. The lowest BCUT2D eigenvalue weighted by molar-refractivity contribution is -0.118. The second-order valence-corrected chi connectivity index (χ2v) is 19.5. The largest absolute Gasteiger partial charge is 0.497 e. The molecule has 2 aliphatic heterocycles. The van der Waals surface area contributed by atoms with Gasteiger partial charge in [-0.25, -0.2) is 0 Å². The first kappa shape index (κ1) is 36.0. The smallest absolute Gasteiger partial charge is 0.226 e. The molecule has 50 heavy (non-hydrogen) atoms. The molecule has 3 heterocycles. The molecule has 0 spiro atoms. The SMILES string of the molecule is COc1ccc([Si](C)(C)[C@@H]2[C@@H](C)[C@@H](CCc3cccc(N4CCCCCCC4=O)c3)O[C@H]2CCn2cc(C(CO)c3ccccc3)nn2)cc1. The van der Waals surface area contributed by atoms with E-state index in [1.807, 2.05) is 46.1 Å². The number of rotatable bonds is 13. The van der Waals surface area contributed by atoms with Crippen LogP contribution in [-0.2, 0) is 22.5 Å². The number of amides is 1. The van der Waals surface area contributed by atoms with Gasteiger partial charge >= 0.3 is 0 Å². The Balaban J connectivity index is 1.18. The molecule has 0 saturated carbocycles. The fourth-order valence-corrected chi connectivity index (χ4v) is 12.5. The number of hydrogen-bond donors (Lipinski definition) is 1. The predicted octanol–water partition coefficient (Wildman–Crippen LogP) is 7.12. The van der Waals surface area contributed by atoms with Crippen LogP contribution in [0, 0.1) is 5.92 Å². The molecule has 6 rings (SSSR count). The average Bonchev–Trinajstić information content (AvgIpc) is 3.73. The van der Waals surface area contributed by atoms with E-state index in [1.165, 1.54) is 17.2 Å². The van der Waals surface area contributed by atoms with Crippen molar-refractivity contribution in [3.63, 3.8) is 0 Å². The summed E-state index contributed by atoms with van der Waals surface area (Å²) >= 11 is 0. The standard InChI is InChI=1S/C41H54N4O4Si/c1-30-38(23-18-31-13-12-16-33(27-31)45-25-11-6-5-10-17-40(45)47)49-39(41(30)50(3,4)35-21-19-34(48-2)20-22-35)24-26-44-28-37(42-43-44)36(29-46)32-14-8-7-9-15-32/h7-9,12-16,19-22,27-28,30,36,38-39,41,46H,5-6,10-11,17-18,23-26,29H2,1-4H3/t30-,36?,38+,39-,41+/m0/s1. The van der Waals surface area contributed by atoms with Crippen molar-refractivity contribution in [3.05, 3.63) is 102 Å². The number of benzene rings is 3. The zero-order valence-corrected chi connectivity index (χ0v) is 31.2. The monoisotopic (exact) mass is 694 g/mol. The van der Waals surface area contributed by atoms with Crippen molar-refractivity contribution >= 4 is 24.9 Å². The second kappa shape index (κ2) is 16.5. The number of aliphatic hydroxyl groups is 1. The van der Waals surface area contributed by atoms with E-state index in [9.17, 15) is 9.90 Å². The summed E-state index contributed by atoms with van der Waals surface area (Å²) in [5, 5.41) is 20.6. The number of methoxy groups -OCH3 is 1. The van der Waals surface area contributed by atoms with Crippen molar-refractivity contribution in [2.45, 2.75) is 102 Å². The maximum absolute atomic E-state index is 13.0. The molecule has 2 saturated heterocycles. The third-order valence-corrected chi connectivity index (χ3v) is 15.7. The number of aromatic nitrogens is 3. The number of ether oxygens (including phenoxy) is 2. The molecule has 3 aromatic carbocycles. The van der Waals surface area contributed by atoms with Gasteiger partial charge in [-0.3, -0.25) is 9.48 Å². The summed E-state index contributed by atoms with van der Waals surface area (Å²) in [6.45, 7) is 8.84. The van der Waals surface area contributed by atoms with Gasteiger partial charge in [-0.1, -0.05) is 97.9 Å². The number of hydrogen-bond acceptors (Lipinski definition) is 6.